The van der Waals surface area contributed by atoms with Crippen molar-refractivity contribution in [3.05, 3.63) is 62.6 Å². The van der Waals surface area contributed by atoms with Crippen LogP contribution in [0.2, 0.25) is 0 Å². The lowest BCUT2D eigenvalue weighted by Gasteiger charge is -2.53. The Kier molecular flexibility index (Phi) is 10.5. The number of halogens is 2. The fraction of sp³-hybridized carbons (Fsp3) is 0.379. The summed E-state index contributed by atoms with van der Waals surface area (Å²) in [5.41, 5.74) is 0.899. The predicted octanol–water partition coefficient (Wildman–Crippen LogP) is 1.13. The van der Waals surface area contributed by atoms with E-state index in [1.165, 1.54) is 42.5 Å². The second-order valence-electron chi connectivity index (χ2n) is 11.2. The van der Waals surface area contributed by atoms with Crippen LogP contribution in [0.25, 0.3) is 5.76 Å². The third-order valence-electron chi connectivity index (χ3n) is 8.57. The Bertz CT molecular complexity index is 1610. The number of phenols is 1. The van der Waals surface area contributed by atoms with Crippen molar-refractivity contribution in [3.63, 3.8) is 0 Å². The summed E-state index contributed by atoms with van der Waals surface area (Å²) in [7, 11) is 2.88. The topological polar surface area (TPSA) is 223 Å². The quantitative estimate of drug-likeness (QED) is 0.152. The first-order valence-corrected chi connectivity index (χ1v) is 14.3. The zero-order valence-electron chi connectivity index (χ0n) is 24.3. The predicted molar refractivity (Wildman–Crippen MR) is 169 cm³/mol. The number of aromatic hydroxyl groups is 1. The Balaban J connectivity index is 0.00000276. The maximum Gasteiger partial charge on any atom is 0.255 e. The molecule has 0 spiro atoms. The van der Waals surface area contributed by atoms with Gasteiger partial charge in [-0.2, -0.15) is 0 Å². The van der Waals surface area contributed by atoms with Crippen molar-refractivity contribution >= 4 is 71.0 Å². The number of aliphatic hydroxyl groups excluding tert-OH is 3. The van der Waals surface area contributed by atoms with Crippen LogP contribution in [0.1, 0.15) is 28.8 Å². The van der Waals surface area contributed by atoms with Gasteiger partial charge in [0.05, 0.1) is 35.9 Å². The number of ketones is 2. The van der Waals surface area contributed by atoms with Crippen LogP contribution in [-0.4, -0.2) is 92.2 Å². The number of phenolic OH excluding ortho intramolecular Hbond substituents is 1. The van der Waals surface area contributed by atoms with Gasteiger partial charge in [0.1, 0.15) is 22.8 Å². The largest absolute Gasteiger partial charge is 0.508 e. The first-order valence-electron chi connectivity index (χ1n) is 13.4. The molecule has 1 aromatic carbocycles. The van der Waals surface area contributed by atoms with Gasteiger partial charge in [-0.25, -0.2) is 0 Å². The Labute approximate surface area is 274 Å². The third-order valence-corrected chi connectivity index (χ3v) is 9.44. The Morgan fingerprint density at radius 2 is 1.78 bits per heavy atom. The van der Waals surface area contributed by atoms with Crippen molar-refractivity contribution < 1.29 is 44.7 Å². The van der Waals surface area contributed by atoms with Crippen molar-refractivity contribution in [2.45, 2.75) is 37.1 Å². The zero-order valence-corrected chi connectivity index (χ0v) is 26.8. The minimum Gasteiger partial charge on any atom is -0.508 e. The lowest BCUT2D eigenvalue weighted by molar-refractivity contribution is -0.169. The summed E-state index contributed by atoms with van der Waals surface area (Å²) in [6, 6.07) is 5.31. The molecule has 5 unspecified atom stereocenters. The van der Waals surface area contributed by atoms with E-state index in [1.54, 1.807) is 6.92 Å². The van der Waals surface area contributed by atoms with Gasteiger partial charge in [0.25, 0.3) is 5.91 Å². The molecule has 1 fully saturated rings. The van der Waals surface area contributed by atoms with E-state index in [0.717, 1.165) is 4.88 Å². The molecule has 1 heterocycles. The molecular weight excluding hydrogens is 651 g/mol. The summed E-state index contributed by atoms with van der Waals surface area (Å²) in [5.74, 6) is -10.3. The molecule has 0 aliphatic heterocycles. The fourth-order valence-electron chi connectivity index (χ4n) is 6.62. The molecule has 2 aromatic rings. The highest BCUT2D eigenvalue weighted by Gasteiger charge is 2.68. The average molecular weight is 686 g/mol. The Morgan fingerprint density at radius 3 is 2.36 bits per heavy atom. The number of anilines is 1. The Hall–Kier alpha value is -3.50. The van der Waals surface area contributed by atoms with Crippen molar-refractivity contribution in [2.24, 2.45) is 17.6 Å². The molecule has 45 heavy (non-hydrogen) atoms. The number of fused-ring (bicyclic) bond motifs is 3. The number of likely N-dealkylation sites (N-methyl/N-ethyl adjacent to an activating group) is 1. The molecule has 0 radical (unpaired) electrons. The van der Waals surface area contributed by atoms with E-state index in [0.29, 0.717) is 12.1 Å². The molecule has 13 nitrogen and oxygen atoms in total. The number of hydrogen-bond acceptors (Lipinski definition) is 12. The molecule has 1 saturated carbocycles. The highest BCUT2D eigenvalue weighted by molar-refractivity contribution is 7.09. The number of nitrogens with two attached hydrogens (primary N) is 1. The zero-order chi connectivity index (χ0) is 31.5. The number of aliphatic hydroxyl groups is 4. The molecule has 3 aliphatic rings. The molecule has 0 saturated heterocycles. The summed E-state index contributed by atoms with van der Waals surface area (Å²) < 4.78 is 0. The number of amides is 2. The number of hydrogen-bond donors (Lipinski definition) is 8. The maximum atomic E-state index is 14.1. The highest BCUT2D eigenvalue weighted by Crippen LogP contribution is 2.56. The number of nitrogens with one attached hydrogen (secondary N) is 2. The Morgan fingerprint density at radius 1 is 1.11 bits per heavy atom. The maximum absolute atomic E-state index is 14.1. The molecule has 5 rings (SSSR count). The highest BCUT2D eigenvalue weighted by atomic mass is 35.5. The van der Waals surface area contributed by atoms with Gasteiger partial charge in [-0.15, -0.1) is 36.2 Å². The van der Waals surface area contributed by atoms with Gasteiger partial charge in [0.2, 0.25) is 11.7 Å². The van der Waals surface area contributed by atoms with Gasteiger partial charge in [0.15, 0.2) is 11.4 Å². The molecule has 16 heteroatoms. The average Bonchev–Trinajstić information content (AvgIpc) is 3.45. The molecule has 2 amide bonds. The number of nitrogens with zero attached hydrogens (tertiary/aromatic N) is 1. The monoisotopic (exact) mass is 684 g/mol. The lowest BCUT2D eigenvalue weighted by Crippen LogP contribution is -2.70. The smallest absolute Gasteiger partial charge is 0.255 e. The van der Waals surface area contributed by atoms with Crippen LogP contribution in [0.5, 0.6) is 5.75 Å². The van der Waals surface area contributed by atoms with Gasteiger partial charge < -0.3 is 41.9 Å². The molecule has 1 aromatic heterocycles. The van der Waals surface area contributed by atoms with E-state index in [-0.39, 0.29) is 42.6 Å². The van der Waals surface area contributed by atoms with Crippen LogP contribution in [-0.2, 0) is 25.7 Å². The van der Waals surface area contributed by atoms with Crippen LogP contribution >= 0.6 is 36.2 Å². The second kappa shape index (κ2) is 13.1. The molecule has 3 aliphatic carbocycles. The SMILES string of the molecule is CC1c2ccc(NC(=O)CNCc3cccs3)c(O)c2C(O)=C2C(=O)C3(O)C(O)=C(C(N)=O)C(=O)[C@@H](N(C)C)C3C(O)C21.Cl.Cl. The van der Waals surface area contributed by atoms with E-state index in [2.05, 4.69) is 10.6 Å². The van der Waals surface area contributed by atoms with Crippen molar-refractivity contribution in [3.8, 4) is 5.75 Å². The first kappa shape index (κ1) is 36.0. The number of benzene rings is 1. The van der Waals surface area contributed by atoms with E-state index in [4.69, 9.17) is 5.73 Å². The molecular formula is C29H34Cl2N4O9S. The number of primary amides is 1. The number of carbonyl (C=O) groups excluding carboxylic acids is 4. The van der Waals surface area contributed by atoms with Crippen molar-refractivity contribution in [2.75, 3.05) is 26.0 Å². The lowest BCUT2D eigenvalue weighted by atomic mass is 9.54. The number of Topliss-reactive ketones (excluding diaryl/α,β-unsaturated/α-hetero) is 2. The minimum absolute atomic E-state index is 0. The minimum atomic E-state index is -3.00. The van der Waals surface area contributed by atoms with Gasteiger partial charge >= 0.3 is 0 Å². The van der Waals surface area contributed by atoms with Crippen LogP contribution in [0.4, 0.5) is 5.69 Å². The van der Waals surface area contributed by atoms with Gasteiger partial charge in [0, 0.05) is 22.9 Å². The third kappa shape index (κ3) is 5.50. The van der Waals surface area contributed by atoms with Gasteiger partial charge in [-0.05, 0) is 43.1 Å². The van der Waals surface area contributed by atoms with Crippen molar-refractivity contribution in [1.29, 1.82) is 0 Å². The molecule has 244 valence electrons. The van der Waals surface area contributed by atoms with E-state index in [1.807, 2.05) is 17.5 Å². The van der Waals surface area contributed by atoms with Crippen LogP contribution < -0.4 is 16.4 Å². The normalized spacial score (nSPS) is 27.2. The van der Waals surface area contributed by atoms with Gasteiger partial charge in [-0.1, -0.05) is 19.1 Å². The summed E-state index contributed by atoms with van der Waals surface area (Å²) in [5, 5.41) is 64.4. The number of carbonyl (C=O) groups is 4. The summed E-state index contributed by atoms with van der Waals surface area (Å²) in [6.07, 6.45) is -1.69. The molecule has 9 N–H and O–H groups in total. The van der Waals surface area contributed by atoms with Gasteiger partial charge in [-0.3, -0.25) is 24.1 Å². The van der Waals surface area contributed by atoms with E-state index in [9.17, 15) is 44.7 Å². The summed E-state index contributed by atoms with van der Waals surface area (Å²) in [6.45, 7) is 2.00. The molecule has 6 atom stereocenters. The summed E-state index contributed by atoms with van der Waals surface area (Å²) >= 11 is 1.53. The van der Waals surface area contributed by atoms with E-state index >= 15 is 0 Å². The number of rotatable bonds is 7. The second-order valence-corrected chi connectivity index (χ2v) is 12.2. The van der Waals surface area contributed by atoms with Crippen LogP contribution in [0, 0.1) is 11.8 Å². The van der Waals surface area contributed by atoms with Crippen LogP contribution in [0.15, 0.2) is 46.6 Å². The van der Waals surface area contributed by atoms with E-state index < -0.39 is 87.3 Å². The molecule has 0 bridgehead atoms. The summed E-state index contributed by atoms with van der Waals surface area (Å²) in [4.78, 5) is 54.4. The fourth-order valence-corrected chi connectivity index (χ4v) is 7.30. The number of thiophene rings is 1. The first-order chi connectivity index (χ1) is 20.2. The van der Waals surface area contributed by atoms with Crippen LogP contribution in [0.3, 0.4) is 0 Å². The standard InChI is InChI=1S/C29H32N4O9S.2ClH/c1-11-13-6-7-14(32-15(34)10-31-9-12-5-4-8-43-12)22(35)17(13)23(36)18-16(11)24(37)20-21(33(2)3)25(38)19(28(30)41)27(40)29(20,42)26(18)39;;/h4-8,11,16,20-21,24,31,35-37,40,42H,9-10H2,1-3H3,(H2,30,41)(H,32,34);2*1H/t11?,16?,20?,21-,24?,29?;;/m0../s1. The van der Waals surface area contributed by atoms with Crippen molar-refractivity contribution in [1.82, 2.24) is 10.2 Å².